The Hall–Kier alpha value is -1.61. The zero-order chi connectivity index (χ0) is 15.7. The van der Waals surface area contributed by atoms with Gasteiger partial charge in [0.1, 0.15) is 0 Å². The van der Waals surface area contributed by atoms with Gasteiger partial charge in [-0.2, -0.15) is 0 Å². The van der Waals surface area contributed by atoms with Crippen molar-refractivity contribution in [3.63, 3.8) is 0 Å². The van der Waals surface area contributed by atoms with E-state index in [4.69, 9.17) is 0 Å². The van der Waals surface area contributed by atoms with Gasteiger partial charge in [-0.15, -0.1) is 0 Å². The minimum absolute atomic E-state index is 0.128. The van der Waals surface area contributed by atoms with Crippen molar-refractivity contribution in [3.8, 4) is 0 Å². The lowest BCUT2D eigenvalue weighted by Crippen LogP contribution is -2.40. The summed E-state index contributed by atoms with van der Waals surface area (Å²) in [6.45, 7) is 4.28. The molecule has 3 heteroatoms. The van der Waals surface area contributed by atoms with Crippen LogP contribution >= 0.6 is 15.9 Å². The van der Waals surface area contributed by atoms with Crippen molar-refractivity contribution in [3.05, 3.63) is 64.1 Å². The van der Waals surface area contributed by atoms with E-state index in [1.54, 1.807) is 0 Å². The second-order valence-corrected chi connectivity index (χ2v) is 6.76. The first-order chi connectivity index (χ1) is 10.6. The molecular formula is C19H20BrNO. The Morgan fingerprint density at radius 2 is 1.91 bits per heavy atom. The summed E-state index contributed by atoms with van der Waals surface area (Å²) in [7, 11) is 0. The van der Waals surface area contributed by atoms with E-state index >= 15 is 0 Å². The molecule has 0 spiro atoms. The molecule has 1 aliphatic heterocycles. The minimum atomic E-state index is -0.480. The highest BCUT2D eigenvalue weighted by molar-refractivity contribution is 9.10. The van der Waals surface area contributed by atoms with Crippen molar-refractivity contribution >= 4 is 27.5 Å². The van der Waals surface area contributed by atoms with E-state index in [1.165, 1.54) is 5.56 Å². The van der Waals surface area contributed by atoms with Crippen LogP contribution in [0.15, 0.2) is 53.0 Å². The highest BCUT2D eigenvalue weighted by Crippen LogP contribution is 2.50. The monoisotopic (exact) mass is 357 g/mol. The molecular weight excluding hydrogens is 338 g/mol. The maximum absolute atomic E-state index is 12.9. The van der Waals surface area contributed by atoms with Crippen molar-refractivity contribution in [2.45, 2.75) is 38.0 Å². The smallest absolute Gasteiger partial charge is 0.235 e. The standard InChI is InChI=1S/C19H20BrNO/c1-3-15(13-8-7-9-14(20)12-13)19(4-2)16-10-5-6-11-17(16)21-18(19)22/h5-12,15H,3-4H2,1-2H3,(H,21,22)/t15-,19+/m1/s1. The van der Waals surface area contributed by atoms with Crippen molar-refractivity contribution < 1.29 is 4.79 Å². The third-order valence-electron chi connectivity index (χ3n) is 4.87. The van der Waals surface area contributed by atoms with Crippen LogP contribution in [0.4, 0.5) is 5.69 Å². The number of halogens is 1. The van der Waals surface area contributed by atoms with E-state index in [2.05, 4.69) is 53.3 Å². The van der Waals surface area contributed by atoms with Crippen LogP contribution in [0, 0.1) is 0 Å². The summed E-state index contributed by atoms with van der Waals surface area (Å²) >= 11 is 3.55. The Morgan fingerprint density at radius 1 is 1.14 bits per heavy atom. The quantitative estimate of drug-likeness (QED) is 0.795. The molecule has 0 radical (unpaired) electrons. The van der Waals surface area contributed by atoms with Gasteiger partial charge in [0.2, 0.25) is 5.91 Å². The van der Waals surface area contributed by atoms with Gasteiger partial charge in [-0.3, -0.25) is 4.79 Å². The van der Waals surface area contributed by atoms with Crippen LogP contribution in [0.5, 0.6) is 0 Å². The second kappa shape index (κ2) is 5.88. The molecule has 0 unspecified atom stereocenters. The first-order valence-corrected chi connectivity index (χ1v) is 8.59. The summed E-state index contributed by atoms with van der Waals surface area (Å²) in [5.41, 5.74) is 2.83. The zero-order valence-corrected chi connectivity index (χ0v) is 14.5. The minimum Gasteiger partial charge on any atom is -0.325 e. The largest absolute Gasteiger partial charge is 0.325 e. The molecule has 1 aliphatic rings. The van der Waals surface area contributed by atoms with Gasteiger partial charge < -0.3 is 5.32 Å². The summed E-state index contributed by atoms with van der Waals surface area (Å²) in [6, 6.07) is 16.4. The molecule has 1 heterocycles. The molecule has 114 valence electrons. The van der Waals surface area contributed by atoms with Crippen LogP contribution in [0.2, 0.25) is 0 Å². The number of benzene rings is 2. The van der Waals surface area contributed by atoms with E-state index in [1.807, 2.05) is 30.3 Å². The maximum Gasteiger partial charge on any atom is 0.235 e. The van der Waals surface area contributed by atoms with E-state index in [-0.39, 0.29) is 11.8 Å². The lowest BCUT2D eigenvalue weighted by molar-refractivity contribution is -0.121. The molecule has 2 nitrogen and oxygen atoms in total. The summed E-state index contributed by atoms with van der Waals surface area (Å²) in [5, 5.41) is 3.09. The van der Waals surface area contributed by atoms with E-state index in [9.17, 15) is 4.79 Å². The molecule has 22 heavy (non-hydrogen) atoms. The van der Waals surface area contributed by atoms with E-state index in [0.717, 1.165) is 28.6 Å². The SMILES string of the molecule is CC[C@H](c1cccc(Br)c1)[C@]1(CC)C(=O)Nc2ccccc21. The third-order valence-corrected chi connectivity index (χ3v) is 5.37. The van der Waals surface area contributed by atoms with Crippen molar-refractivity contribution in [2.24, 2.45) is 0 Å². The number of carbonyl (C=O) groups excluding carboxylic acids is 1. The van der Waals surface area contributed by atoms with Gasteiger partial charge in [-0.05, 0) is 42.2 Å². The number of para-hydroxylation sites is 1. The molecule has 0 saturated heterocycles. The molecule has 0 aromatic heterocycles. The molecule has 0 bridgehead atoms. The number of hydrogen-bond donors (Lipinski definition) is 1. The van der Waals surface area contributed by atoms with Gasteiger partial charge in [0.25, 0.3) is 0 Å². The summed E-state index contributed by atoms with van der Waals surface area (Å²) in [6.07, 6.45) is 1.72. The predicted octanol–water partition coefficient (Wildman–Crippen LogP) is 5.24. The van der Waals surface area contributed by atoms with Gasteiger partial charge in [0, 0.05) is 16.1 Å². The highest BCUT2D eigenvalue weighted by Gasteiger charge is 2.50. The Labute approximate surface area is 140 Å². The fourth-order valence-corrected chi connectivity index (χ4v) is 4.29. The predicted molar refractivity (Wildman–Crippen MR) is 94.2 cm³/mol. The number of anilines is 1. The topological polar surface area (TPSA) is 29.1 Å². The first kappa shape index (κ1) is 15.3. The lowest BCUT2D eigenvalue weighted by Gasteiger charge is -2.35. The van der Waals surface area contributed by atoms with Gasteiger partial charge in [-0.25, -0.2) is 0 Å². The Morgan fingerprint density at radius 3 is 2.59 bits per heavy atom. The van der Waals surface area contributed by atoms with Crippen LogP contribution in [0.3, 0.4) is 0 Å². The van der Waals surface area contributed by atoms with E-state index in [0.29, 0.717) is 0 Å². The summed E-state index contributed by atoms with van der Waals surface area (Å²) in [5.74, 6) is 0.293. The van der Waals surface area contributed by atoms with E-state index < -0.39 is 5.41 Å². The summed E-state index contributed by atoms with van der Waals surface area (Å²) in [4.78, 5) is 12.9. The molecule has 2 aromatic rings. The Bertz CT molecular complexity index is 712. The van der Waals surface area contributed by atoms with Crippen LogP contribution in [0.25, 0.3) is 0 Å². The number of amides is 1. The Kier molecular flexibility index (Phi) is 4.09. The van der Waals surface area contributed by atoms with Crippen LogP contribution in [-0.4, -0.2) is 5.91 Å². The number of hydrogen-bond acceptors (Lipinski definition) is 1. The summed E-state index contributed by atoms with van der Waals surface area (Å²) < 4.78 is 1.06. The van der Waals surface area contributed by atoms with Crippen LogP contribution in [0.1, 0.15) is 43.7 Å². The Balaban J connectivity index is 2.18. The van der Waals surface area contributed by atoms with Crippen molar-refractivity contribution in [1.82, 2.24) is 0 Å². The van der Waals surface area contributed by atoms with Crippen molar-refractivity contribution in [2.75, 3.05) is 5.32 Å². The van der Waals surface area contributed by atoms with Gasteiger partial charge in [0.05, 0.1) is 5.41 Å². The number of rotatable bonds is 4. The van der Waals surface area contributed by atoms with Gasteiger partial charge in [0.15, 0.2) is 0 Å². The molecule has 0 aliphatic carbocycles. The van der Waals surface area contributed by atoms with Crippen LogP contribution < -0.4 is 5.32 Å². The maximum atomic E-state index is 12.9. The normalized spacial score (nSPS) is 21.3. The zero-order valence-electron chi connectivity index (χ0n) is 12.9. The number of carbonyl (C=O) groups is 1. The first-order valence-electron chi connectivity index (χ1n) is 7.80. The molecule has 3 rings (SSSR count). The number of nitrogens with one attached hydrogen (secondary N) is 1. The third kappa shape index (κ3) is 2.19. The lowest BCUT2D eigenvalue weighted by atomic mass is 9.65. The number of fused-ring (bicyclic) bond motifs is 1. The molecule has 2 atom stereocenters. The molecule has 0 fully saturated rings. The second-order valence-electron chi connectivity index (χ2n) is 5.84. The van der Waals surface area contributed by atoms with Crippen LogP contribution in [-0.2, 0) is 10.2 Å². The average Bonchev–Trinajstić information content (AvgIpc) is 2.81. The van der Waals surface area contributed by atoms with Crippen molar-refractivity contribution in [1.29, 1.82) is 0 Å². The molecule has 2 aromatic carbocycles. The fourth-order valence-electron chi connectivity index (χ4n) is 3.87. The van der Waals surface area contributed by atoms with Gasteiger partial charge >= 0.3 is 0 Å². The fraction of sp³-hybridized carbons (Fsp3) is 0.316. The van der Waals surface area contributed by atoms with Gasteiger partial charge in [-0.1, -0.05) is 60.1 Å². The highest BCUT2D eigenvalue weighted by atomic mass is 79.9. The molecule has 1 amide bonds. The average molecular weight is 358 g/mol. The molecule has 0 saturated carbocycles. The molecule has 1 N–H and O–H groups in total.